The molecule has 4 nitrogen and oxygen atoms in total. The first-order valence-corrected chi connectivity index (χ1v) is 7.25. The number of methoxy groups -OCH3 is 1. The number of ether oxygens (including phenoxy) is 1. The fourth-order valence-electron chi connectivity index (χ4n) is 2.11. The summed E-state index contributed by atoms with van der Waals surface area (Å²) in [5.41, 5.74) is 2.04. The zero-order valence-electron chi connectivity index (χ0n) is 10.1. The second-order valence-electron chi connectivity index (χ2n) is 4.31. The van der Waals surface area contributed by atoms with Crippen LogP contribution in [0.2, 0.25) is 0 Å². The van der Waals surface area contributed by atoms with Crippen LogP contribution in [-0.2, 0) is 16.6 Å². The minimum atomic E-state index is -3.01. The van der Waals surface area contributed by atoms with E-state index in [1.807, 2.05) is 25.1 Å². The van der Waals surface area contributed by atoms with Crippen molar-refractivity contribution in [1.82, 2.24) is 4.31 Å². The number of nitrogens with zero attached hydrogens (tertiary/aromatic N) is 1. The number of rotatable bonds is 3. The second-order valence-corrected chi connectivity index (χ2v) is 6.40. The highest BCUT2D eigenvalue weighted by Gasteiger charge is 2.27. The average molecular weight is 255 g/mol. The third kappa shape index (κ3) is 2.61. The van der Waals surface area contributed by atoms with Gasteiger partial charge in [-0.25, -0.2) is 8.42 Å². The Balaban J connectivity index is 2.17. The maximum absolute atomic E-state index is 11.7. The van der Waals surface area contributed by atoms with Crippen LogP contribution < -0.4 is 4.74 Å². The van der Waals surface area contributed by atoms with E-state index in [9.17, 15) is 8.42 Å². The Morgan fingerprint density at radius 1 is 1.41 bits per heavy atom. The number of hydrogen-bond donors (Lipinski definition) is 0. The summed E-state index contributed by atoms with van der Waals surface area (Å²) < 4.78 is 30.1. The van der Waals surface area contributed by atoms with Gasteiger partial charge >= 0.3 is 0 Å². The molecule has 17 heavy (non-hydrogen) atoms. The van der Waals surface area contributed by atoms with Gasteiger partial charge in [-0.2, -0.15) is 4.31 Å². The topological polar surface area (TPSA) is 46.6 Å². The molecule has 0 bridgehead atoms. The Morgan fingerprint density at radius 2 is 2.18 bits per heavy atom. The normalized spacial score (nSPS) is 19.4. The Bertz CT molecular complexity index is 510. The summed E-state index contributed by atoms with van der Waals surface area (Å²) in [4.78, 5) is 0. The molecular weight excluding hydrogens is 238 g/mol. The van der Waals surface area contributed by atoms with E-state index in [-0.39, 0.29) is 5.75 Å². The van der Waals surface area contributed by atoms with Crippen molar-refractivity contribution < 1.29 is 13.2 Å². The highest BCUT2D eigenvalue weighted by molar-refractivity contribution is 7.89. The highest BCUT2D eigenvalue weighted by atomic mass is 32.2. The van der Waals surface area contributed by atoms with Crippen molar-refractivity contribution in [2.75, 3.05) is 19.4 Å². The Hall–Kier alpha value is -1.07. The van der Waals surface area contributed by atoms with Crippen LogP contribution >= 0.6 is 0 Å². The lowest BCUT2D eigenvalue weighted by Crippen LogP contribution is -2.25. The van der Waals surface area contributed by atoms with Gasteiger partial charge in [0.05, 0.1) is 12.9 Å². The molecule has 0 saturated carbocycles. The van der Waals surface area contributed by atoms with Gasteiger partial charge < -0.3 is 4.74 Å². The Labute approximate surface area is 102 Å². The summed E-state index contributed by atoms with van der Waals surface area (Å²) in [7, 11) is -1.38. The van der Waals surface area contributed by atoms with E-state index in [2.05, 4.69) is 0 Å². The minimum absolute atomic E-state index is 0.280. The zero-order valence-corrected chi connectivity index (χ0v) is 11.0. The predicted molar refractivity (Wildman–Crippen MR) is 66.5 cm³/mol. The largest absolute Gasteiger partial charge is 0.496 e. The first kappa shape index (κ1) is 12.4. The van der Waals surface area contributed by atoms with Gasteiger partial charge in [0.1, 0.15) is 5.75 Å². The second kappa shape index (κ2) is 4.66. The standard InChI is InChI=1S/C12H17NO3S/c1-10-8-11(4-5-12(10)16-2)9-13-6-3-7-17(13,14)15/h4-5,8H,3,6-7,9H2,1-2H3. The van der Waals surface area contributed by atoms with E-state index in [0.717, 1.165) is 23.3 Å². The van der Waals surface area contributed by atoms with Gasteiger partial charge in [-0.3, -0.25) is 0 Å². The first-order valence-electron chi connectivity index (χ1n) is 5.64. The SMILES string of the molecule is COc1ccc(CN2CCCS2(=O)=O)cc1C. The average Bonchev–Trinajstić information content (AvgIpc) is 2.59. The van der Waals surface area contributed by atoms with Gasteiger partial charge in [-0.1, -0.05) is 12.1 Å². The van der Waals surface area contributed by atoms with E-state index in [0.29, 0.717) is 13.1 Å². The quantitative estimate of drug-likeness (QED) is 0.823. The molecule has 0 amide bonds. The predicted octanol–water partition coefficient (Wildman–Crippen LogP) is 1.54. The first-order chi connectivity index (χ1) is 8.03. The lowest BCUT2D eigenvalue weighted by atomic mass is 10.1. The molecule has 1 aliphatic rings. The van der Waals surface area contributed by atoms with E-state index in [4.69, 9.17) is 4.74 Å². The fourth-order valence-corrected chi connectivity index (χ4v) is 3.62. The number of hydrogen-bond acceptors (Lipinski definition) is 3. The molecule has 0 aromatic heterocycles. The molecular formula is C12H17NO3S. The smallest absolute Gasteiger partial charge is 0.214 e. The molecule has 94 valence electrons. The molecule has 1 aliphatic heterocycles. The third-order valence-electron chi connectivity index (χ3n) is 3.02. The molecule has 0 radical (unpaired) electrons. The third-order valence-corrected chi connectivity index (χ3v) is 4.92. The van der Waals surface area contributed by atoms with E-state index in [1.165, 1.54) is 0 Å². The summed E-state index contributed by atoms with van der Waals surface area (Å²) in [5.74, 6) is 1.11. The summed E-state index contributed by atoms with van der Waals surface area (Å²) in [6.45, 7) is 3.06. The van der Waals surface area contributed by atoms with Crippen molar-refractivity contribution >= 4 is 10.0 Å². The summed E-state index contributed by atoms with van der Waals surface area (Å²) >= 11 is 0. The van der Waals surface area contributed by atoms with Crippen molar-refractivity contribution in [3.05, 3.63) is 29.3 Å². The summed E-state index contributed by atoms with van der Waals surface area (Å²) in [6.07, 6.45) is 0.734. The monoisotopic (exact) mass is 255 g/mol. The van der Waals surface area contributed by atoms with Crippen LogP contribution in [0.1, 0.15) is 17.5 Å². The van der Waals surface area contributed by atoms with Crippen molar-refractivity contribution in [2.24, 2.45) is 0 Å². The van der Waals surface area contributed by atoms with Gasteiger partial charge in [-0.15, -0.1) is 0 Å². The molecule has 1 saturated heterocycles. The number of sulfonamides is 1. The fraction of sp³-hybridized carbons (Fsp3) is 0.500. The van der Waals surface area contributed by atoms with E-state index >= 15 is 0 Å². The van der Waals surface area contributed by atoms with Gasteiger partial charge in [0, 0.05) is 13.1 Å². The molecule has 0 atom stereocenters. The van der Waals surface area contributed by atoms with Crippen LogP contribution in [0.25, 0.3) is 0 Å². The lowest BCUT2D eigenvalue weighted by molar-refractivity contribution is 0.410. The molecule has 1 aromatic carbocycles. The molecule has 1 fully saturated rings. The molecule has 0 N–H and O–H groups in total. The lowest BCUT2D eigenvalue weighted by Gasteiger charge is -2.15. The van der Waals surface area contributed by atoms with Crippen LogP contribution in [-0.4, -0.2) is 32.1 Å². The maximum atomic E-state index is 11.7. The van der Waals surface area contributed by atoms with Crippen LogP contribution in [0, 0.1) is 6.92 Å². The van der Waals surface area contributed by atoms with Crippen molar-refractivity contribution in [3.63, 3.8) is 0 Å². The van der Waals surface area contributed by atoms with Gasteiger partial charge in [-0.05, 0) is 30.5 Å². The maximum Gasteiger partial charge on any atom is 0.214 e. The molecule has 0 aliphatic carbocycles. The highest BCUT2D eigenvalue weighted by Crippen LogP contribution is 2.22. The summed E-state index contributed by atoms with van der Waals surface area (Å²) in [6, 6.07) is 5.78. The van der Waals surface area contributed by atoms with Crippen LogP contribution in [0.4, 0.5) is 0 Å². The molecule has 2 rings (SSSR count). The van der Waals surface area contributed by atoms with Gasteiger partial charge in [0.25, 0.3) is 0 Å². The molecule has 0 spiro atoms. The van der Waals surface area contributed by atoms with Gasteiger partial charge in [0.15, 0.2) is 0 Å². The van der Waals surface area contributed by atoms with Gasteiger partial charge in [0.2, 0.25) is 10.0 Å². The number of benzene rings is 1. The molecule has 1 heterocycles. The molecule has 1 aromatic rings. The van der Waals surface area contributed by atoms with Crippen LogP contribution in [0.3, 0.4) is 0 Å². The van der Waals surface area contributed by atoms with E-state index < -0.39 is 10.0 Å². The molecule has 0 unspecified atom stereocenters. The van der Waals surface area contributed by atoms with Crippen molar-refractivity contribution in [3.8, 4) is 5.75 Å². The molecule has 5 heteroatoms. The van der Waals surface area contributed by atoms with Crippen molar-refractivity contribution in [1.29, 1.82) is 0 Å². The summed E-state index contributed by atoms with van der Waals surface area (Å²) in [5, 5.41) is 0. The Kier molecular flexibility index (Phi) is 3.40. The van der Waals surface area contributed by atoms with Crippen LogP contribution in [0.5, 0.6) is 5.75 Å². The van der Waals surface area contributed by atoms with Crippen LogP contribution in [0.15, 0.2) is 18.2 Å². The van der Waals surface area contributed by atoms with Crippen molar-refractivity contribution in [2.45, 2.75) is 19.9 Å². The number of aryl methyl sites for hydroxylation is 1. The Morgan fingerprint density at radius 3 is 2.71 bits per heavy atom. The van der Waals surface area contributed by atoms with E-state index in [1.54, 1.807) is 11.4 Å². The zero-order chi connectivity index (χ0) is 12.5. The minimum Gasteiger partial charge on any atom is -0.496 e.